The van der Waals surface area contributed by atoms with Crippen molar-refractivity contribution in [3.05, 3.63) is 34.3 Å². The van der Waals surface area contributed by atoms with Crippen LogP contribution in [-0.2, 0) is 0 Å². The van der Waals surface area contributed by atoms with Gasteiger partial charge in [-0.05, 0) is 12.1 Å². The lowest BCUT2D eigenvalue weighted by Gasteiger charge is -1.95. The maximum absolute atomic E-state index is 10.3. The minimum absolute atomic E-state index is 0.203. The van der Waals surface area contributed by atoms with E-state index in [4.69, 9.17) is 16.7 Å². The molecular weight excluding hydrogens is 188 g/mol. The maximum atomic E-state index is 10.3. The Morgan fingerprint density at radius 3 is 2.85 bits per heavy atom. The first-order chi connectivity index (χ1) is 6.27. The van der Waals surface area contributed by atoms with E-state index in [1.807, 2.05) is 0 Å². The predicted molar refractivity (Wildman–Crippen MR) is 50.8 cm³/mol. The van der Waals surface area contributed by atoms with E-state index in [1.54, 1.807) is 12.1 Å². The number of hydrogen-bond acceptors (Lipinski definition) is 2. The van der Waals surface area contributed by atoms with E-state index in [9.17, 15) is 4.79 Å². The van der Waals surface area contributed by atoms with Crippen molar-refractivity contribution in [3.63, 3.8) is 0 Å². The largest absolute Gasteiger partial charge is 0.384 e. The zero-order chi connectivity index (χ0) is 9.68. The Labute approximate surface area is 81.1 Å². The average Bonchev–Trinajstić information content (AvgIpc) is 2.16. The summed E-state index contributed by atoms with van der Waals surface area (Å²) in [5.41, 5.74) is 1.13. The highest BCUT2D eigenvalue weighted by atomic mass is 35.5. The normalized spacial score (nSPS) is 8.77. The number of carbonyl (C=O) groups excluding carboxylic acids is 1. The molecule has 1 N–H and O–H groups in total. The van der Waals surface area contributed by atoms with Gasteiger partial charge in [-0.25, -0.2) is 0 Å². The second-order valence-corrected chi connectivity index (χ2v) is 2.72. The van der Waals surface area contributed by atoms with Crippen LogP contribution in [0.1, 0.15) is 15.9 Å². The van der Waals surface area contributed by atoms with Gasteiger partial charge in [0.2, 0.25) is 0 Å². The molecule has 0 unspecified atom stereocenters. The van der Waals surface area contributed by atoms with Crippen molar-refractivity contribution >= 4 is 17.9 Å². The molecule has 0 saturated carbocycles. The van der Waals surface area contributed by atoms with Gasteiger partial charge in [0.25, 0.3) is 0 Å². The van der Waals surface area contributed by atoms with Crippen LogP contribution in [0, 0.1) is 11.8 Å². The van der Waals surface area contributed by atoms with Crippen molar-refractivity contribution in [2.24, 2.45) is 0 Å². The van der Waals surface area contributed by atoms with Crippen molar-refractivity contribution in [2.75, 3.05) is 6.61 Å². The standard InChI is InChI=1S/C10H7ClO2/c11-10-6-8(7-13)3-4-9(10)2-1-5-12/h3-4,6-7,12H,5H2. The van der Waals surface area contributed by atoms with Crippen LogP contribution in [0.4, 0.5) is 0 Å². The first kappa shape index (κ1) is 9.79. The molecule has 0 fully saturated rings. The summed E-state index contributed by atoms with van der Waals surface area (Å²) in [6.45, 7) is -0.203. The van der Waals surface area contributed by atoms with Crippen molar-refractivity contribution in [1.82, 2.24) is 0 Å². The van der Waals surface area contributed by atoms with Crippen LogP contribution in [-0.4, -0.2) is 18.0 Å². The van der Waals surface area contributed by atoms with Crippen molar-refractivity contribution < 1.29 is 9.90 Å². The lowest BCUT2D eigenvalue weighted by Crippen LogP contribution is -1.83. The van der Waals surface area contributed by atoms with Crippen LogP contribution in [0.2, 0.25) is 5.02 Å². The molecule has 0 aliphatic carbocycles. The second-order valence-electron chi connectivity index (χ2n) is 2.32. The summed E-state index contributed by atoms with van der Waals surface area (Å²) in [7, 11) is 0. The summed E-state index contributed by atoms with van der Waals surface area (Å²) >= 11 is 5.80. The highest BCUT2D eigenvalue weighted by Crippen LogP contribution is 2.15. The molecule has 66 valence electrons. The Morgan fingerprint density at radius 1 is 1.54 bits per heavy atom. The van der Waals surface area contributed by atoms with Crippen molar-refractivity contribution in [2.45, 2.75) is 0 Å². The summed E-state index contributed by atoms with van der Waals surface area (Å²) < 4.78 is 0. The van der Waals surface area contributed by atoms with Crippen LogP contribution in [0.5, 0.6) is 0 Å². The number of carbonyl (C=O) groups is 1. The Morgan fingerprint density at radius 2 is 2.31 bits per heavy atom. The van der Waals surface area contributed by atoms with Crippen molar-refractivity contribution in [3.8, 4) is 11.8 Å². The van der Waals surface area contributed by atoms with E-state index in [1.165, 1.54) is 6.07 Å². The molecule has 0 aliphatic heterocycles. The third kappa shape index (κ3) is 2.59. The van der Waals surface area contributed by atoms with Crippen LogP contribution >= 0.6 is 11.6 Å². The summed E-state index contributed by atoms with van der Waals surface area (Å²) in [6.07, 6.45) is 0.717. The van der Waals surface area contributed by atoms with Gasteiger partial charge in [-0.1, -0.05) is 29.5 Å². The first-order valence-corrected chi connectivity index (χ1v) is 4.00. The number of aliphatic hydroxyl groups excluding tert-OH is 1. The van der Waals surface area contributed by atoms with E-state index in [-0.39, 0.29) is 6.61 Å². The number of halogens is 1. The van der Waals surface area contributed by atoms with Crippen LogP contribution < -0.4 is 0 Å². The molecule has 0 spiro atoms. The molecule has 0 aromatic heterocycles. The minimum atomic E-state index is -0.203. The quantitative estimate of drug-likeness (QED) is 0.544. The van der Waals surface area contributed by atoms with Gasteiger partial charge in [-0.3, -0.25) is 4.79 Å². The fraction of sp³-hybridized carbons (Fsp3) is 0.100. The van der Waals surface area contributed by atoms with Gasteiger partial charge >= 0.3 is 0 Å². The number of rotatable bonds is 1. The van der Waals surface area contributed by atoms with Gasteiger partial charge in [0.15, 0.2) is 0 Å². The zero-order valence-corrected chi connectivity index (χ0v) is 7.51. The Hall–Kier alpha value is -1.30. The topological polar surface area (TPSA) is 37.3 Å². The number of hydrogen-bond donors (Lipinski definition) is 1. The van der Waals surface area contributed by atoms with Crippen LogP contribution in [0.15, 0.2) is 18.2 Å². The summed E-state index contributed by atoms with van der Waals surface area (Å²) in [4.78, 5) is 10.3. The third-order valence-corrected chi connectivity index (χ3v) is 1.74. The molecule has 0 saturated heterocycles. The fourth-order valence-electron chi connectivity index (χ4n) is 0.841. The number of benzene rings is 1. The van der Waals surface area contributed by atoms with E-state index in [0.29, 0.717) is 16.1 Å². The molecule has 0 bridgehead atoms. The number of aliphatic hydroxyl groups is 1. The molecule has 0 aliphatic rings. The van der Waals surface area contributed by atoms with Crippen molar-refractivity contribution in [1.29, 1.82) is 0 Å². The number of aldehydes is 1. The monoisotopic (exact) mass is 194 g/mol. The molecule has 1 rings (SSSR count). The molecule has 3 heteroatoms. The molecule has 1 aromatic carbocycles. The molecule has 0 amide bonds. The molecular formula is C10H7ClO2. The van der Waals surface area contributed by atoms with Gasteiger partial charge in [0.1, 0.15) is 12.9 Å². The summed E-state index contributed by atoms with van der Waals surface area (Å²) in [6, 6.07) is 4.81. The molecule has 0 heterocycles. The lowest BCUT2D eigenvalue weighted by atomic mass is 10.1. The zero-order valence-electron chi connectivity index (χ0n) is 6.75. The summed E-state index contributed by atoms with van der Waals surface area (Å²) in [5, 5.41) is 8.87. The Bertz CT molecular complexity index is 374. The highest BCUT2D eigenvalue weighted by Gasteiger charge is 1.97. The maximum Gasteiger partial charge on any atom is 0.150 e. The third-order valence-electron chi connectivity index (χ3n) is 1.43. The average molecular weight is 195 g/mol. The van der Waals surface area contributed by atoms with Gasteiger partial charge < -0.3 is 5.11 Å². The van der Waals surface area contributed by atoms with Crippen LogP contribution in [0.3, 0.4) is 0 Å². The molecule has 13 heavy (non-hydrogen) atoms. The second kappa shape index (κ2) is 4.66. The minimum Gasteiger partial charge on any atom is -0.384 e. The fourth-order valence-corrected chi connectivity index (χ4v) is 1.08. The van der Waals surface area contributed by atoms with E-state index in [0.717, 1.165) is 6.29 Å². The van der Waals surface area contributed by atoms with Gasteiger partial charge in [-0.15, -0.1) is 0 Å². The molecule has 0 atom stereocenters. The smallest absolute Gasteiger partial charge is 0.150 e. The van der Waals surface area contributed by atoms with E-state index < -0.39 is 0 Å². The Balaban J connectivity index is 3.05. The molecule has 1 aromatic rings. The van der Waals surface area contributed by atoms with Gasteiger partial charge in [0.05, 0.1) is 5.02 Å². The first-order valence-electron chi connectivity index (χ1n) is 3.62. The molecule has 2 nitrogen and oxygen atoms in total. The van der Waals surface area contributed by atoms with Crippen LogP contribution in [0.25, 0.3) is 0 Å². The van der Waals surface area contributed by atoms with Gasteiger partial charge in [-0.2, -0.15) is 0 Å². The predicted octanol–water partition coefficient (Wildman–Crippen LogP) is 1.50. The van der Waals surface area contributed by atoms with Gasteiger partial charge in [0, 0.05) is 11.1 Å². The lowest BCUT2D eigenvalue weighted by molar-refractivity contribution is 0.112. The van der Waals surface area contributed by atoms with E-state index >= 15 is 0 Å². The molecule has 0 radical (unpaired) electrons. The SMILES string of the molecule is O=Cc1ccc(C#CCO)c(Cl)c1. The Kier molecular flexibility index (Phi) is 3.51. The summed E-state index contributed by atoms with van der Waals surface area (Å²) in [5.74, 6) is 5.14. The van der Waals surface area contributed by atoms with E-state index in [2.05, 4.69) is 11.8 Å². The highest BCUT2D eigenvalue weighted by molar-refractivity contribution is 6.32.